The molecule has 1 amide bonds. The lowest BCUT2D eigenvalue weighted by atomic mass is 9.97. The van der Waals surface area contributed by atoms with Gasteiger partial charge in [0.05, 0.1) is 58.4 Å². The number of hydrogen-bond donors (Lipinski definition) is 1. The number of methoxy groups -OCH3 is 2. The monoisotopic (exact) mass is 409 g/mol. The number of ether oxygens (including phenoxy) is 2. The molecule has 0 spiro atoms. The van der Waals surface area contributed by atoms with E-state index in [-0.39, 0.29) is 17.1 Å². The zero-order valence-electron chi connectivity index (χ0n) is 17.5. The molecule has 2 heterocycles. The topological polar surface area (TPSA) is 73.4 Å². The third-order valence-electron chi connectivity index (χ3n) is 5.46. The van der Waals surface area contributed by atoms with Gasteiger partial charge in [-0.1, -0.05) is 12.1 Å². The molecular weight excluding hydrogens is 384 g/mol. The minimum absolute atomic E-state index is 0.0994. The number of nitrogens with one attached hydrogen (secondary N) is 1. The smallest absolute Gasteiger partial charge is 0.291 e. The summed E-state index contributed by atoms with van der Waals surface area (Å²) < 4.78 is 16.9. The summed E-state index contributed by atoms with van der Waals surface area (Å²) >= 11 is 0. The van der Waals surface area contributed by atoms with Crippen molar-refractivity contribution in [3.63, 3.8) is 0 Å². The van der Waals surface area contributed by atoms with Crippen LogP contribution in [0.2, 0.25) is 0 Å². The van der Waals surface area contributed by atoms with Gasteiger partial charge in [-0.15, -0.1) is 0 Å². The van der Waals surface area contributed by atoms with Crippen LogP contribution in [-0.4, -0.2) is 52.2 Å². The number of hydrogen-bond acceptors (Lipinski definition) is 5. The Balaban J connectivity index is 1.98. The molecule has 0 saturated carbocycles. The van der Waals surface area contributed by atoms with Crippen molar-refractivity contribution in [3.05, 3.63) is 69.6 Å². The summed E-state index contributed by atoms with van der Waals surface area (Å²) in [7, 11) is 7.19. The van der Waals surface area contributed by atoms with Crippen molar-refractivity contribution in [2.45, 2.75) is 6.04 Å². The highest BCUT2D eigenvalue weighted by atomic mass is 16.5. The zero-order chi connectivity index (χ0) is 21.4. The number of carbonyl (C=O) groups is 1. The van der Waals surface area contributed by atoms with Crippen molar-refractivity contribution < 1.29 is 23.6 Å². The molecule has 0 unspecified atom stereocenters. The van der Waals surface area contributed by atoms with E-state index in [9.17, 15) is 9.59 Å². The first-order valence-corrected chi connectivity index (χ1v) is 9.84. The van der Waals surface area contributed by atoms with Gasteiger partial charge >= 0.3 is 0 Å². The molecule has 0 bridgehead atoms. The first-order valence-electron chi connectivity index (χ1n) is 9.84. The molecule has 2 aromatic carbocycles. The summed E-state index contributed by atoms with van der Waals surface area (Å²) in [4.78, 5) is 29.7. The third kappa shape index (κ3) is 3.21. The highest BCUT2D eigenvalue weighted by Crippen LogP contribution is 2.42. The normalized spacial score (nSPS) is 15.7. The van der Waals surface area contributed by atoms with Crippen LogP contribution in [-0.2, 0) is 0 Å². The molecule has 0 saturated heterocycles. The molecule has 4 rings (SSSR count). The Hall–Kier alpha value is -3.32. The largest absolute Gasteiger partial charge is 0.497 e. The predicted octanol–water partition coefficient (Wildman–Crippen LogP) is 1.50. The van der Waals surface area contributed by atoms with E-state index in [0.717, 1.165) is 6.54 Å². The Kier molecular flexibility index (Phi) is 5.22. The molecule has 7 heteroatoms. The van der Waals surface area contributed by atoms with Crippen LogP contribution in [0, 0.1) is 0 Å². The van der Waals surface area contributed by atoms with Gasteiger partial charge in [0, 0.05) is 5.56 Å². The standard InChI is InChI=1S/C23H24N2O5/c1-24(2)11-12-25-20(16-13-14(28-3)9-10-17(16)29-4)19-21(26)15-7-5-6-8-18(15)30-22(19)23(25)27/h5-10,13,20H,11-12H2,1-4H3/p+1/t20-/m0/s1. The zero-order valence-corrected chi connectivity index (χ0v) is 17.5. The van der Waals surface area contributed by atoms with Crippen LogP contribution in [0.3, 0.4) is 0 Å². The number of amides is 1. The Morgan fingerprint density at radius 3 is 2.53 bits per heavy atom. The van der Waals surface area contributed by atoms with Crippen molar-refractivity contribution in [3.8, 4) is 11.5 Å². The number of benzene rings is 2. The summed E-state index contributed by atoms with van der Waals surface area (Å²) in [6.45, 7) is 1.18. The fraction of sp³-hybridized carbons (Fsp3) is 0.304. The van der Waals surface area contributed by atoms with Crippen molar-refractivity contribution in [2.75, 3.05) is 41.4 Å². The molecule has 156 valence electrons. The Bertz CT molecular complexity index is 1170. The first-order chi connectivity index (χ1) is 14.5. The lowest BCUT2D eigenvalue weighted by Crippen LogP contribution is -3.06. The van der Waals surface area contributed by atoms with Crippen LogP contribution < -0.4 is 19.8 Å². The molecule has 30 heavy (non-hydrogen) atoms. The number of para-hydroxylation sites is 1. The van der Waals surface area contributed by atoms with Crippen LogP contribution in [0.5, 0.6) is 11.5 Å². The van der Waals surface area contributed by atoms with Gasteiger partial charge in [0.15, 0.2) is 5.43 Å². The third-order valence-corrected chi connectivity index (χ3v) is 5.46. The van der Waals surface area contributed by atoms with Gasteiger partial charge in [0.25, 0.3) is 5.91 Å². The molecule has 0 aliphatic carbocycles. The van der Waals surface area contributed by atoms with Crippen LogP contribution in [0.25, 0.3) is 11.0 Å². The maximum atomic E-state index is 13.5. The van der Waals surface area contributed by atoms with Crippen molar-refractivity contribution in [1.82, 2.24) is 4.90 Å². The number of fused-ring (bicyclic) bond motifs is 2. The van der Waals surface area contributed by atoms with Crippen LogP contribution >= 0.6 is 0 Å². The van der Waals surface area contributed by atoms with Gasteiger partial charge in [-0.3, -0.25) is 9.59 Å². The predicted molar refractivity (Wildman–Crippen MR) is 113 cm³/mol. The molecular formula is C23H25N2O5+. The van der Waals surface area contributed by atoms with E-state index in [1.165, 1.54) is 4.90 Å². The second-order valence-electron chi connectivity index (χ2n) is 7.64. The van der Waals surface area contributed by atoms with E-state index in [4.69, 9.17) is 13.9 Å². The van der Waals surface area contributed by atoms with Crippen LogP contribution in [0.15, 0.2) is 51.7 Å². The van der Waals surface area contributed by atoms with Gasteiger partial charge in [-0.25, -0.2) is 0 Å². The maximum Gasteiger partial charge on any atom is 0.291 e. The fourth-order valence-electron chi connectivity index (χ4n) is 3.92. The summed E-state index contributed by atoms with van der Waals surface area (Å²) in [5, 5.41) is 0.455. The lowest BCUT2D eigenvalue weighted by molar-refractivity contribution is -0.857. The Morgan fingerprint density at radius 1 is 1.07 bits per heavy atom. The first kappa shape index (κ1) is 20.0. The van der Waals surface area contributed by atoms with Crippen molar-refractivity contribution in [1.29, 1.82) is 0 Å². The molecule has 7 nitrogen and oxygen atoms in total. The van der Waals surface area contributed by atoms with Gasteiger partial charge in [0.2, 0.25) is 5.76 Å². The molecule has 1 atom stereocenters. The Labute approximate surface area is 174 Å². The quantitative estimate of drug-likeness (QED) is 0.668. The van der Waals surface area contributed by atoms with Gasteiger partial charge < -0.3 is 23.7 Å². The molecule has 1 aliphatic heterocycles. The summed E-state index contributed by atoms with van der Waals surface area (Å²) in [5.41, 5.74) is 1.25. The second kappa shape index (κ2) is 7.84. The van der Waals surface area contributed by atoms with E-state index in [1.807, 2.05) is 20.2 Å². The number of carbonyl (C=O) groups excluding carboxylic acids is 1. The van der Waals surface area contributed by atoms with E-state index in [0.29, 0.717) is 40.1 Å². The highest BCUT2D eigenvalue weighted by molar-refractivity contribution is 5.99. The number of quaternary nitrogens is 1. The average Bonchev–Trinajstić information content (AvgIpc) is 3.03. The average molecular weight is 409 g/mol. The lowest BCUT2D eigenvalue weighted by Gasteiger charge is -2.27. The van der Waals surface area contributed by atoms with Gasteiger partial charge in [-0.2, -0.15) is 0 Å². The number of rotatable bonds is 6. The Morgan fingerprint density at radius 2 is 1.83 bits per heavy atom. The van der Waals surface area contributed by atoms with Crippen molar-refractivity contribution in [2.24, 2.45) is 0 Å². The van der Waals surface area contributed by atoms with E-state index in [1.54, 1.807) is 55.5 Å². The molecule has 1 aromatic heterocycles. The van der Waals surface area contributed by atoms with E-state index < -0.39 is 6.04 Å². The minimum Gasteiger partial charge on any atom is -0.497 e. The summed E-state index contributed by atoms with van der Waals surface area (Å²) in [5.74, 6) is 1.01. The van der Waals surface area contributed by atoms with Gasteiger partial charge in [0.1, 0.15) is 17.1 Å². The molecule has 1 aliphatic rings. The van der Waals surface area contributed by atoms with Crippen molar-refractivity contribution >= 4 is 16.9 Å². The summed E-state index contributed by atoms with van der Waals surface area (Å²) in [6.07, 6.45) is 0. The second-order valence-corrected chi connectivity index (χ2v) is 7.64. The molecule has 0 radical (unpaired) electrons. The SMILES string of the molecule is COc1ccc(OC)c([C@H]2c3c(oc4ccccc4c3=O)C(=O)N2CC[NH+](C)C)c1. The molecule has 0 fully saturated rings. The minimum atomic E-state index is -0.613. The fourth-order valence-corrected chi connectivity index (χ4v) is 3.92. The summed E-state index contributed by atoms with van der Waals surface area (Å²) in [6, 6.07) is 11.8. The number of nitrogens with zero attached hydrogens (tertiary/aromatic N) is 1. The maximum absolute atomic E-state index is 13.5. The van der Waals surface area contributed by atoms with Crippen LogP contribution in [0.1, 0.15) is 27.7 Å². The van der Waals surface area contributed by atoms with Gasteiger partial charge in [-0.05, 0) is 30.3 Å². The van der Waals surface area contributed by atoms with Crippen LogP contribution in [0.4, 0.5) is 0 Å². The molecule has 1 N–H and O–H groups in total. The molecule has 3 aromatic rings. The van der Waals surface area contributed by atoms with E-state index >= 15 is 0 Å². The highest BCUT2D eigenvalue weighted by Gasteiger charge is 2.44. The van der Waals surface area contributed by atoms with E-state index in [2.05, 4.69) is 0 Å². The number of likely N-dealkylation sites (N-methyl/N-ethyl adjacent to an activating group) is 1.